The third-order valence-electron chi connectivity index (χ3n) is 3.34. The molecule has 1 unspecified atom stereocenters. The summed E-state index contributed by atoms with van der Waals surface area (Å²) >= 11 is 0. The number of carboxylic acid groups (broad SMARTS) is 1. The van der Waals surface area contributed by atoms with E-state index in [4.69, 9.17) is 4.74 Å². The first-order valence-electron chi connectivity index (χ1n) is 7.33. The van der Waals surface area contributed by atoms with Gasteiger partial charge in [-0.3, -0.25) is 4.90 Å². The van der Waals surface area contributed by atoms with Crippen molar-refractivity contribution in [2.24, 2.45) is 0 Å². The summed E-state index contributed by atoms with van der Waals surface area (Å²) in [6.07, 6.45) is 1.25. The minimum absolute atomic E-state index is 0.155. The summed E-state index contributed by atoms with van der Waals surface area (Å²) < 4.78 is 18.5. The van der Waals surface area contributed by atoms with Crippen molar-refractivity contribution < 1.29 is 23.8 Å². The van der Waals surface area contributed by atoms with Crippen LogP contribution in [-0.2, 0) is 9.53 Å². The molecule has 1 fully saturated rings. The molecule has 1 aliphatic rings. The molecule has 0 radical (unpaired) electrons. The Kier molecular flexibility index (Phi) is 4.73. The number of carbonyl (C=O) groups is 2. The fraction of sp³-hybridized carbons (Fsp3) is 0.412. The number of rotatable bonds is 2. The lowest BCUT2D eigenvalue weighted by Crippen LogP contribution is -2.43. The first kappa shape index (κ1) is 17.0. The number of hydrogen-bond donors (Lipinski definition) is 1. The number of hydrogen-bond acceptors (Lipinski definition) is 3. The standard InChI is InChI=1S/C17H20FNO4/c1-17(2,3)23-16(22)19-10-12(9-14(19)15(20)21)7-11-5-4-6-13(18)8-11/h4-8,14H,9-10H2,1-3H3,(H,20,21)/b12-7+. The van der Waals surface area contributed by atoms with Gasteiger partial charge in [-0.25, -0.2) is 14.0 Å². The Balaban J connectivity index is 2.21. The number of carbonyl (C=O) groups excluding carboxylic acids is 1. The van der Waals surface area contributed by atoms with Gasteiger partial charge in [0.05, 0.1) is 0 Å². The molecule has 6 heteroatoms. The molecule has 0 spiro atoms. The average Bonchev–Trinajstić information content (AvgIpc) is 2.81. The Bertz CT molecular complexity index is 648. The van der Waals surface area contributed by atoms with E-state index in [-0.39, 0.29) is 18.8 Å². The molecule has 0 aliphatic carbocycles. The topological polar surface area (TPSA) is 66.8 Å². The molecule has 0 aromatic heterocycles. The SMILES string of the molecule is CC(C)(C)OC(=O)N1C/C(=C/c2cccc(F)c2)CC1C(=O)O. The molecular weight excluding hydrogens is 301 g/mol. The highest BCUT2D eigenvalue weighted by Gasteiger charge is 2.38. The zero-order valence-electron chi connectivity index (χ0n) is 13.4. The molecule has 1 aromatic carbocycles. The number of ether oxygens (including phenoxy) is 1. The van der Waals surface area contributed by atoms with E-state index in [9.17, 15) is 19.1 Å². The van der Waals surface area contributed by atoms with Gasteiger partial charge in [0.1, 0.15) is 17.5 Å². The van der Waals surface area contributed by atoms with Crippen LogP contribution in [0, 0.1) is 5.82 Å². The molecule has 1 heterocycles. The van der Waals surface area contributed by atoms with E-state index in [2.05, 4.69) is 0 Å². The third-order valence-corrected chi connectivity index (χ3v) is 3.34. The van der Waals surface area contributed by atoms with Gasteiger partial charge in [-0.2, -0.15) is 0 Å². The van der Waals surface area contributed by atoms with Crippen molar-refractivity contribution in [3.63, 3.8) is 0 Å². The molecule has 0 saturated carbocycles. The fourth-order valence-electron chi connectivity index (χ4n) is 2.42. The molecule has 23 heavy (non-hydrogen) atoms. The maximum Gasteiger partial charge on any atom is 0.411 e. The van der Waals surface area contributed by atoms with E-state index in [0.717, 1.165) is 5.57 Å². The van der Waals surface area contributed by atoms with Crippen LogP contribution in [-0.4, -0.2) is 40.3 Å². The van der Waals surface area contributed by atoms with Crippen LogP contribution in [0.25, 0.3) is 6.08 Å². The van der Waals surface area contributed by atoms with E-state index < -0.39 is 23.7 Å². The minimum Gasteiger partial charge on any atom is -0.480 e. The van der Waals surface area contributed by atoms with E-state index in [0.29, 0.717) is 5.56 Å². The van der Waals surface area contributed by atoms with Crippen molar-refractivity contribution in [1.82, 2.24) is 4.90 Å². The second kappa shape index (κ2) is 6.40. The number of benzene rings is 1. The van der Waals surface area contributed by atoms with Gasteiger partial charge in [0, 0.05) is 13.0 Å². The highest BCUT2D eigenvalue weighted by molar-refractivity contribution is 5.82. The molecule has 124 valence electrons. The molecule has 2 rings (SSSR count). The van der Waals surface area contributed by atoms with Gasteiger partial charge in [-0.15, -0.1) is 0 Å². The number of aliphatic carboxylic acids is 1. The maximum absolute atomic E-state index is 13.2. The Morgan fingerprint density at radius 3 is 2.65 bits per heavy atom. The molecule has 1 aliphatic heterocycles. The molecule has 0 bridgehead atoms. The van der Waals surface area contributed by atoms with Crippen molar-refractivity contribution in [3.8, 4) is 0 Å². The molecule has 5 nitrogen and oxygen atoms in total. The molecule has 1 saturated heterocycles. The highest BCUT2D eigenvalue weighted by atomic mass is 19.1. The lowest BCUT2D eigenvalue weighted by Gasteiger charge is -2.26. The van der Waals surface area contributed by atoms with E-state index in [1.807, 2.05) is 0 Å². The van der Waals surface area contributed by atoms with Gasteiger partial charge < -0.3 is 9.84 Å². The number of carboxylic acids is 1. The summed E-state index contributed by atoms with van der Waals surface area (Å²) in [6.45, 7) is 5.32. The Morgan fingerprint density at radius 2 is 2.09 bits per heavy atom. The molecule has 1 amide bonds. The molecule has 1 atom stereocenters. The maximum atomic E-state index is 13.2. The molecule has 1 aromatic rings. The van der Waals surface area contributed by atoms with Crippen LogP contribution in [0.1, 0.15) is 32.8 Å². The van der Waals surface area contributed by atoms with Crippen molar-refractivity contribution in [1.29, 1.82) is 0 Å². The van der Waals surface area contributed by atoms with E-state index >= 15 is 0 Å². The summed E-state index contributed by atoms with van der Waals surface area (Å²) in [5.74, 6) is -1.45. The van der Waals surface area contributed by atoms with Gasteiger partial charge in [-0.1, -0.05) is 18.2 Å². The first-order chi connectivity index (χ1) is 10.7. The smallest absolute Gasteiger partial charge is 0.411 e. The fourth-order valence-corrected chi connectivity index (χ4v) is 2.42. The third kappa shape index (κ3) is 4.55. The summed E-state index contributed by atoms with van der Waals surface area (Å²) in [5, 5.41) is 9.32. The molecule has 1 N–H and O–H groups in total. The average molecular weight is 321 g/mol. The number of nitrogens with zero attached hydrogens (tertiary/aromatic N) is 1. The van der Waals surface area contributed by atoms with Crippen LogP contribution in [0.15, 0.2) is 29.8 Å². The van der Waals surface area contributed by atoms with Gasteiger partial charge in [0.25, 0.3) is 0 Å². The predicted molar refractivity (Wildman–Crippen MR) is 83.4 cm³/mol. The van der Waals surface area contributed by atoms with Crippen LogP contribution >= 0.6 is 0 Å². The summed E-state index contributed by atoms with van der Waals surface area (Å²) in [5.41, 5.74) is 0.679. The van der Waals surface area contributed by atoms with Gasteiger partial charge in [-0.05, 0) is 44.0 Å². The summed E-state index contributed by atoms with van der Waals surface area (Å²) in [6, 6.07) is 5.03. The lowest BCUT2D eigenvalue weighted by atomic mass is 10.1. The Labute approximate surface area is 134 Å². The lowest BCUT2D eigenvalue weighted by molar-refractivity contribution is -0.142. The van der Waals surface area contributed by atoms with Gasteiger partial charge >= 0.3 is 12.1 Å². The summed E-state index contributed by atoms with van der Waals surface area (Å²) in [4.78, 5) is 24.8. The Morgan fingerprint density at radius 1 is 1.39 bits per heavy atom. The predicted octanol–water partition coefficient (Wildman–Crippen LogP) is 3.30. The highest BCUT2D eigenvalue weighted by Crippen LogP contribution is 2.27. The number of likely N-dealkylation sites (tertiary alicyclic amines) is 1. The largest absolute Gasteiger partial charge is 0.480 e. The second-order valence-corrected chi connectivity index (χ2v) is 6.52. The minimum atomic E-state index is -1.08. The van der Waals surface area contributed by atoms with E-state index in [1.165, 1.54) is 17.0 Å². The zero-order valence-corrected chi connectivity index (χ0v) is 13.4. The van der Waals surface area contributed by atoms with Crippen LogP contribution in [0.3, 0.4) is 0 Å². The Hall–Kier alpha value is -2.37. The second-order valence-electron chi connectivity index (χ2n) is 6.52. The van der Waals surface area contributed by atoms with Gasteiger partial charge in [0.15, 0.2) is 0 Å². The summed E-state index contributed by atoms with van der Waals surface area (Å²) in [7, 11) is 0. The number of halogens is 1. The van der Waals surface area contributed by atoms with Crippen molar-refractivity contribution >= 4 is 18.1 Å². The van der Waals surface area contributed by atoms with Crippen LogP contribution < -0.4 is 0 Å². The van der Waals surface area contributed by atoms with Crippen molar-refractivity contribution in [2.45, 2.75) is 38.8 Å². The monoisotopic (exact) mass is 321 g/mol. The first-order valence-corrected chi connectivity index (χ1v) is 7.33. The number of amides is 1. The van der Waals surface area contributed by atoms with Gasteiger partial charge in [0.2, 0.25) is 0 Å². The van der Waals surface area contributed by atoms with Crippen LogP contribution in [0.4, 0.5) is 9.18 Å². The van der Waals surface area contributed by atoms with E-state index in [1.54, 1.807) is 39.0 Å². The normalized spacial score (nSPS) is 19.9. The van der Waals surface area contributed by atoms with Crippen LogP contribution in [0.2, 0.25) is 0 Å². The zero-order chi connectivity index (χ0) is 17.2. The quantitative estimate of drug-likeness (QED) is 0.907. The van der Waals surface area contributed by atoms with Crippen molar-refractivity contribution in [3.05, 3.63) is 41.2 Å². The molecular formula is C17H20FNO4. The van der Waals surface area contributed by atoms with Crippen molar-refractivity contribution in [2.75, 3.05) is 6.54 Å². The van der Waals surface area contributed by atoms with Crippen LogP contribution in [0.5, 0.6) is 0 Å².